The van der Waals surface area contributed by atoms with Crippen molar-refractivity contribution in [3.05, 3.63) is 41.6 Å². The molecule has 78 valence electrons. The number of carbonyl (C=O) groups excluding carboxylic acids is 1. The molecule has 0 heterocycles. The van der Waals surface area contributed by atoms with Gasteiger partial charge in [0.25, 0.3) is 0 Å². The molecule has 1 aromatic rings. The van der Waals surface area contributed by atoms with Crippen molar-refractivity contribution in [2.75, 3.05) is 0 Å². The highest BCUT2D eigenvalue weighted by atomic mass is 79.9. The fourth-order valence-electron chi connectivity index (χ4n) is 1.01. The van der Waals surface area contributed by atoms with Gasteiger partial charge in [-0.2, -0.15) is 0 Å². The maximum absolute atomic E-state index is 10.8. The number of carbonyl (C=O) groups is 2. The normalized spacial score (nSPS) is 11.5. The number of carboxylic acid groups (broad SMARTS) is 1. The number of hydrogen-bond donors (Lipinski definition) is 2. The summed E-state index contributed by atoms with van der Waals surface area (Å²) in [5, 5.41) is 11.0. The quantitative estimate of drug-likeness (QED) is 0.644. The highest BCUT2D eigenvalue weighted by Gasteiger charge is 2.12. The van der Waals surface area contributed by atoms with Crippen molar-refractivity contribution in [2.24, 2.45) is 0 Å². The van der Waals surface area contributed by atoms with Crippen LogP contribution in [0.25, 0.3) is 4.48 Å². The lowest BCUT2D eigenvalue weighted by Gasteiger charge is -2.04. The number of nitrogens with one attached hydrogen (secondary N) is 1. The van der Waals surface area contributed by atoms with Gasteiger partial charge in [0.15, 0.2) is 0 Å². The van der Waals surface area contributed by atoms with E-state index in [1.165, 1.54) is 0 Å². The van der Waals surface area contributed by atoms with Gasteiger partial charge in [-0.05, 0) is 21.5 Å². The molecule has 0 unspecified atom stereocenters. The zero-order chi connectivity index (χ0) is 11.3. The van der Waals surface area contributed by atoms with E-state index in [2.05, 4.69) is 21.2 Å². The van der Waals surface area contributed by atoms with Crippen molar-refractivity contribution >= 4 is 32.8 Å². The van der Waals surface area contributed by atoms with Gasteiger partial charge >= 0.3 is 5.97 Å². The van der Waals surface area contributed by atoms with Gasteiger partial charge in [-0.1, -0.05) is 30.3 Å². The molecule has 2 N–H and O–H groups in total. The Morgan fingerprint density at radius 1 is 1.33 bits per heavy atom. The fourth-order valence-corrected chi connectivity index (χ4v) is 1.56. The summed E-state index contributed by atoms with van der Waals surface area (Å²) in [6.07, 6.45) is 0.327. The van der Waals surface area contributed by atoms with Crippen LogP contribution < -0.4 is 5.32 Å². The Labute approximate surface area is 94.7 Å². The van der Waals surface area contributed by atoms with Crippen LogP contribution in [0.2, 0.25) is 0 Å². The van der Waals surface area contributed by atoms with Crippen molar-refractivity contribution in [1.82, 2.24) is 5.32 Å². The lowest BCUT2D eigenvalue weighted by atomic mass is 10.2. The third-order valence-corrected chi connectivity index (χ3v) is 2.52. The molecule has 15 heavy (non-hydrogen) atoms. The van der Waals surface area contributed by atoms with E-state index in [0.29, 0.717) is 16.5 Å². The van der Waals surface area contributed by atoms with Crippen molar-refractivity contribution in [1.29, 1.82) is 0 Å². The van der Waals surface area contributed by atoms with Crippen LogP contribution in [0.3, 0.4) is 0 Å². The first-order valence-corrected chi connectivity index (χ1v) is 4.84. The molecule has 4 nitrogen and oxygen atoms in total. The molecule has 0 saturated heterocycles. The number of amides is 1. The predicted molar refractivity (Wildman–Crippen MR) is 59.1 cm³/mol. The third kappa shape index (κ3) is 2.92. The number of hydrogen-bond acceptors (Lipinski definition) is 2. The summed E-state index contributed by atoms with van der Waals surface area (Å²) in [4.78, 5) is 21.0. The van der Waals surface area contributed by atoms with E-state index in [9.17, 15) is 9.59 Å². The topological polar surface area (TPSA) is 66.4 Å². The first-order chi connectivity index (χ1) is 7.16. The summed E-state index contributed by atoms with van der Waals surface area (Å²) < 4.78 is 0.336. The number of aliphatic carboxylic acids is 1. The predicted octanol–water partition coefficient (Wildman–Crippen LogP) is 1.58. The molecule has 1 amide bonds. The summed E-state index contributed by atoms with van der Waals surface area (Å²) in [5.74, 6) is -1.20. The second kappa shape index (κ2) is 5.31. The van der Waals surface area contributed by atoms with Crippen molar-refractivity contribution in [3.63, 3.8) is 0 Å². The van der Waals surface area contributed by atoms with Crippen molar-refractivity contribution in [2.45, 2.75) is 0 Å². The molecular formula is C10H8BrNO3. The average molecular weight is 270 g/mol. The summed E-state index contributed by atoms with van der Waals surface area (Å²) in [7, 11) is 0. The van der Waals surface area contributed by atoms with E-state index in [1.54, 1.807) is 24.3 Å². The third-order valence-electron chi connectivity index (χ3n) is 1.66. The molecule has 5 heteroatoms. The van der Waals surface area contributed by atoms with E-state index in [-0.39, 0.29) is 5.70 Å². The Balaban J connectivity index is 3.16. The maximum atomic E-state index is 10.8. The average Bonchev–Trinajstić information content (AvgIpc) is 2.26. The van der Waals surface area contributed by atoms with Gasteiger partial charge in [0.1, 0.15) is 5.70 Å². The number of rotatable bonds is 4. The van der Waals surface area contributed by atoms with Crippen molar-refractivity contribution < 1.29 is 14.7 Å². The molecule has 1 rings (SSSR count). The molecule has 0 aromatic heterocycles. The zero-order valence-electron chi connectivity index (χ0n) is 7.61. The molecule has 1 aromatic carbocycles. The minimum atomic E-state index is -1.20. The zero-order valence-corrected chi connectivity index (χ0v) is 9.19. The van der Waals surface area contributed by atoms with Crippen LogP contribution in [0.15, 0.2) is 36.0 Å². The lowest BCUT2D eigenvalue weighted by molar-refractivity contribution is -0.133. The van der Waals surface area contributed by atoms with Gasteiger partial charge in [-0.25, -0.2) is 4.79 Å². The first-order valence-electron chi connectivity index (χ1n) is 4.05. The molecule has 0 spiro atoms. The van der Waals surface area contributed by atoms with Gasteiger partial charge in [0.2, 0.25) is 6.41 Å². The SMILES string of the molecule is O=CNC(C(=O)O)=C(Br)c1ccccc1. The second-order valence-corrected chi connectivity index (χ2v) is 3.42. The van der Waals surface area contributed by atoms with Crippen LogP contribution in [0.1, 0.15) is 5.56 Å². The van der Waals surface area contributed by atoms with Gasteiger partial charge in [-0.3, -0.25) is 4.79 Å². The second-order valence-electron chi connectivity index (χ2n) is 2.62. The van der Waals surface area contributed by atoms with Crippen molar-refractivity contribution in [3.8, 4) is 0 Å². The van der Waals surface area contributed by atoms with E-state index in [0.717, 1.165) is 0 Å². The molecule has 0 saturated carbocycles. The van der Waals surface area contributed by atoms with Crippen LogP contribution >= 0.6 is 15.9 Å². The van der Waals surface area contributed by atoms with E-state index in [4.69, 9.17) is 5.11 Å². The van der Waals surface area contributed by atoms with E-state index in [1.807, 2.05) is 6.07 Å². The van der Waals surface area contributed by atoms with E-state index < -0.39 is 5.97 Å². The summed E-state index contributed by atoms with van der Waals surface area (Å²) in [6, 6.07) is 8.84. The Kier molecular flexibility index (Phi) is 4.05. The Morgan fingerprint density at radius 2 is 1.93 bits per heavy atom. The maximum Gasteiger partial charge on any atom is 0.353 e. The number of carboxylic acids is 1. The largest absolute Gasteiger partial charge is 0.477 e. The molecule has 0 aliphatic rings. The molecule has 0 bridgehead atoms. The first kappa shape index (κ1) is 11.5. The van der Waals surface area contributed by atoms with Gasteiger partial charge < -0.3 is 10.4 Å². The van der Waals surface area contributed by atoms with Crippen LogP contribution in [-0.2, 0) is 9.59 Å². The summed E-state index contributed by atoms with van der Waals surface area (Å²) in [6.45, 7) is 0. The molecule has 0 radical (unpaired) electrons. The van der Waals surface area contributed by atoms with Crippen LogP contribution in [0, 0.1) is 0 Å². The number of halogens is 1. The molecule has 0 aliphatic heterocycles. The van der Waals surface area contributed by atoms with Crippen LogP contribution in [-0.4, -0.2) is 17.5 Å². The van der Waals surface area contributed by atoms with Crippen LogP contribution in [0.5, 0.6) is 0 Å². The smallest absolute Gasteiger partial charge is 0.353 e. The minimum absolute atomic E-state index is 0.184. The Morgan fingerprint density at radius 3 is 2.40 bits per heavy atom. The number of benzene rings is 1. The standard InChI is InChI=1S/C10H8BrNO3/c11-8(7-4-2-1-3-5-7)9(10(14)15)12-6-13/h1-6H,(H,12,13)(H,14,15). The van der Waals surface area contributed by atoms with Crippen LogP contribution in [0.4, 0.5) is 0 Å². The molecule has 0 fully saturated rings. The Hall–Kier alpha value is -1.62. The monoisotopic (exact) mass is 269 g/mol. The highest BCUT2D eigenvalue weighted by Crippen LogP contribution is 2.23. The minimum Gasteiger partial charge on any atom is -0.477 e. The van der Waals surface area contributed by atoms with Gasteiger partial charge in [-0.15, -0.1) is 0 Å². The summed E-state index contributed by atoms with van der Waals surface area (Å²) in [5.41, 5.74) is 0.500. The molecule has 0 aliphatic carbocycles. The fraction of sp³-hybridized carbons (Fsp3) is 0. The molecule has 0 atom stereocenters. The Bertz CT molecular complexity index is 400. The molecular weight excluding hydrogens is 262 g/mol. The summed E-state index contributed by atoms with van der Waals surface area (Å²) >= 11 is 3.13. The lowest BCUT2D eigenvalue weighted by Crippen LogP contribution is -2.19. The van der Waals surface area contributed by atoms with Gasteiger partial charge in [0.05, 0.1) is 4.48 Å². The van der Waals surface area contributed by atoms with Gasteiger partial charge in [0, 0.05) is 0 Å². The van der Waals surface area contributed by atoms with E-state index >= 15 is 0 Å². The highest BCUT2D eigenvalue weighted by molar-refractivity contribution is 9.15.